The first-order valence-electron chi connectivity index (χ1n) is 8.16. The number of ketones is 1. The zero-order chi connectivity index (χ0) is 12.9. The maximum absolute atomic E-state index is 13.1. The van der Waals surface area contributed by atoms with Gasteiger partial charge in [0.1, 0.15) is 5.60 Å². The van der Waals surface area contributed by atoms with Gasteiger partial charge < -0.3 is 4.74 Å². The Kier molecular flexibility index (Phi) is 2.67. The van der Waals surface area contributed by atoms with E-state index in [2.05, 4.69) is 12.2 Å². The molecule has 0 radical (unpaired) electrons. The van der Waals surface area contributed by atoms with E-state index in [4.69, 9.17) is 4.74 Å². The smallest absolute Gasteiger partial charge is 0.171 e. The normalized spacial score (nSPS) is 46.3. The first-order valence-corrected chi connectivity index (χ1v) is 8.16. The fraction of sp³-hybridized carbons (Fsp3) is 0.824. The van der Waals surface area contributed by atoms with Gasteiger partial charge in [-0.1, -0.05) is 31.4 Å². The predicted octanol–water partition coefficient (Wildman–Crippen LogP) is 3.79. The summed E-state index contributed by atoms with van der Waals surface area (Å²) in [4.78, 5) is 13.1. The Morgan fingerprint density at radius 3 is 2.63 bits per heavy atom. The van der Waals surface area contributed by atoms with Gasteiger partial charge in [0.05, 0.1) is 11.5 Å². The van der Waals surface area contributed by atoms with Crippen LogP contribution in [0.1, 0.15) is 64.2 Å². The van der Waals surface area contributed by atoms with Crippen LogP contribution in [0.3, 0.4) is 0 Å². The highest BCUT2D eigenvalue weighted by Gasteiger charge is 2.65. The summed E-state index contributed by atoms with van der Waals surface area (Å²) in [7, 11) is 0. The molecular formula is C17H24O2. The molecule has 0 aromatic rings. The van der Waals surface area contributed by atoms with Crippen LogP contribution in [0, 0.1) is 11.8 Å². The Morgan fingerprint density at radius 2 is 1.79 bits per heavy atom. The molecule has 104 valence electrons. The molecule has 1 unspecified atom stereocenters. The van der Waals surface area contributed by atoms with Crippen molar-refractivity contribution in [2.45, 2.75) is 75.4 Å². The Hall–Kier alpha value is -0.630. The summed E-state index contributed by atoms with van der Waals surface area (Å²) in [5, 5.41) is 0. The zero-order valence-corrected chi connectivity index (χ0v) is 11.7. The fourth-order valence-corrected chi connectivity index (χ4v) is 5.23. The Balaban J connectivity index is 1.74. The molecule has 0 aromatic heterocycles. The maximum atomic E-state index is 13.1. The summed E-state index contributed by atoms with van der Waals surface area (Å²) in [6.07, 6.45) is 16.0. The first-order chi connectivity index (χ1) is 9.27. The highest BCUT2D eigenvalue weighted by molar-refractivity contribution is 5.93. The summed E-state index contributed by atoms with van der Waals surface area (Å²) in [6.45, 7) is 0. The summed E-state index contributed by atoms with van der Waals surface area (Å²) >= 11 is 0. The average molecular weight is 260 g/mol. The number of hydrogen-bond acceptors (Lipinski definition) is 2. The number of carbonyl (C=O) groups excluding carboxylic acids is 1. The van der Waals surface area contributed by atoms with Crippen molar-refractivity contribution < 1.29 is 9.53 Å². The van der Waals surface area contributed by atoms with Crippen molar-refractivity contribution in [3.8, 4) is 0 Å². The van der Waals surface area contributed by atoms with E-state index in [9.17, 15) is 4.79 Å². The Labute approximate surface area is 115 Å². The largest absolute Gasteiger partial charge is 0.359 e. The van der Waals surface area contributed by atoms with Crippen molar-refractivity contribution in [3.63, 3.8) is 0 Å². The monoisotopic (exact) mass is 260 g/mol. The second-order valence-electron chi connectivity index (χ2n) is 7.08. The molecule has 3 fully saturated rings. The minimum absolute atomic E-state index is 0.110. The molecule has 2 aliphatic carbocycles. The molecule has 4 rings (SSSR count). The van der Waals surface area contributed by atoms with Crippen molar-refractivity contribution >= 4 is 5.78 Å². The van der Waals surface area contributed by atoms with Crippen molar-refractivity contribution in [3.05, 3.63) is 12.2 Å². The van der Waals surface area contributed by atoms with Gasteiger partial charge in [-0.15, -0.1) is 0 Å². The van der Waals surface area contributed by atoms with E-state index >= 15 is 0 Å². The summed E-state index contributed by atoms with van der Waals surface area (Å²) in [5.41, 5.74) is -0.542. The van der Waals surface area contributed by atoms with Crippen molar-refractivity contribution in [1.29, 1.82) is 0 Å². The minimum Gasteiger partial charge on any atom is -0.359 e. The van der Waals surface area contributed by atoms with Crippen LogP contribution < -0.4 is 0 Å². The molecule has 1 saturated heterocycles. The number of carbonyl (C=O) groups is 1. The van der Waals surface area contributed by atoms with Gasteiger partial charge in [0.15, 0.2) is 5.78 Å². The van der Waals surface area contributed by atoms with Gasteiger partial charge in [0.2, 0.25) is 0 Å². The van der Waals surface area contributed by atoms with Crippen LogP contribution in [-0.2, 0) is 9.53 Å². The zero-order valence-electron chi connectivity index (χ0n) is 11.7. The van der Waals surface area contributed by atoms with E-state index in [-0.39, 0.29) is 11.5 Å². The lowest BCUT2D eigenvalue weighted by atomic mass is 9.70. The van der Waals surface area contributed by atoms with Gasteiger partial charge in [-0.25, -0.2) is 0 Å². The van der Waals surface area contributed by atoms with E-state index in [1.54, 1.807) is 0 Å². The van der Waals surface area contributed by atoms with E-state index in [1.165, 1.54) is 38.5 Å². The van der Waals surface area contributed by atoms with E-state index in [0.29, 0.717) is 11.7 Å². The number of ether oxygens (including phenoxy) is 1. The van der Waals surface area contributed by atoms with E-state index < -0.39 is 5.60 Å². The van der Waals surface area contributed by atoms with Crippen LogP contribution in [0.2, 0.25) is 0 Å². The topological polar surface area (TPSA) is 26.3 Å². The van der Waals surface area contributed by atoms with Gasteiger partial charge in [-0.3, -0.25) is 4.79 Å². The molecule has 2 saturated carbocycles. The van der Waals surface area contributed by atoms with Crippen molar-refractivity contribution in [2.24, 2.45) is 11.8 Å². The highest BCUT2D eigenvalue weighted by atomic mass is 16.5. The molecule has 1 spiro atoms. The fourth-order valence-electron chi connectivity index (χ4n) is 5.23. The molecule has 2 heterocycles. The van der Waals surface area contributed by atoms with Gasteiger partial charge in [0.25, 0.3) is 0 Å². The van der Waals surface area contributed by atoms with E-state index in [0.717, 1.165) is 25.7 Å². The maximum Gasteiger partial charge on any atom is 0.171 e. The van der Waals surface area contributed by atoms with Crippen molar-refractivity contribution in [1.82, 2.24) is 0 Å². The molecule has 2 bridgehead atoms. The molecule has 0 amide bonds. The predicted molar refractivity (Wildman–Crippen MR) is 73.8 cm³/mol. The summed E-state index contributed by atoms with van der Waals surface area (Å²) in [6, 6.07) is 0. The van der Waals surface area contributed by atoms with Crippen LogP contribution in [-0.4, -0.2) is 17.0 Å². The lowest BCUT2D eigenvalue weighted by molar-refractivity contribution is -0.155. The second-order valence-corrected chi connectivity index (χ2v) is 7.08. The average Bonchev–Trinajstić information content (AvgIpc) is 2.84. The molecule has 2 nitrogen and oxygen atoms in total. The number of hydrogen-bond donors (Lipinski definition) is 0. The van der Waals surface area contributed by atoms with Gasteiger partial charge in [0, 0.05) is 6.42 Å². The standard InChI is InChI=1S/C17H24O2/c18-15-14-9-6-11-16(14)10-4-5-12-17(15,19-16)13-7-2-1-3-8-13/h4-5,13-14H,1-3,6-12H2/t14?,16-,17+/m1/s1. The number of fused-ring (bicyclic) bond motifs is 1. The molecule has 3 atom stereocenters. The third-order valence-electron chi connectivity index (χ3n) is 6.16. The quantitative estimate of drug-likeness (QED) is 0.670. The molecule has 0 N–H and O–H groups in total. The molecular weight excluding hydrogens is 236 g/mol. The second kappa shape index (κ2) is 4.18. The Morgan fingerprint density at radius 1 is 1.00 bits per heavy atom. The Bertz CT molecular complexity index is 421. The minimum atomic E-state index is -0.432. The van der Waals surface area contributed by atoms with Crippen LogP contribution in [0.5, 0.6) is 0 Å². The lowest BCUT2D eigenvalue weighted by Gasteiger charge is -2.39. The highest BCUT2D eigenvalue weighted by Crippen LogP contribution is 2.57. The van der Waals surface area contributed by atoms with Gasteiger partial charge >= 0.3 is 0 Å². The molecule has 2 aliphatic heterocycles. The summed E-state index contributed by atoms with van der Waals surface area (Å²) < 4.78 is 6.66. The number of Topliss-reactive ketones (excluding diaryl/α,β-unsaturated/α-hetero) is 1. The summed E-state index contributed by atoms with van der Waals surface area (Å²) in [5.74, 6) is 1.17. The molecule has 4 aliphatic rings. The number of rotatable bonds is 1. The third-order valence-corrected chi connectivity index (χ3v) is 6.16. The molecule has 0 aromatic carbocycles. The first kappa shape index (κ1) is 12.1. The lowest BCUT2D eigenvalue weighted by Crippen LogP contribution is -2.46. The van der Waals surface area contributed by atoms with E-state index in [1.807, 2.05) is 0 Å². The SMILES string of the molecule is O=C1C2CCC[C@]23CC=CC[C@@]1(C1CCCCC1)O3. The van der Waals surface area contributed by atoms with Crippen molar-refractivity contribution in [2.75, 3.05) is 0 Å². The third kappa shape index (κ3) is 1.55. The van der Waals surface area contributed by atoms with Crippen LogP contribution >= 0.6 is 0 Å². The van der Waals surface area contributed by atoms with Crippen LogP contribution in [0.15, 0.2) is 12.2 Å². The molecule has 19 heavy (non-hydrogen) atoms. The molecule has 2 heteroatoms. The van der Waals surface area contributed by atoms with Crippen LogP contribution in [0.25, 0.3) is 0 Å². The van der Waals surface area contributed by atoms with Crippen LogP contribution in [0.4, 0.5) is 0 Å². The van der Waals surface area contributed by atoms with Gasteiger partial charge in [-0.2, -0.15) is 0 Å². The van der Waals surface area contributed by atoms with Gasteiger partial charge in [-0.05, 0) is 44.4 Å².